The van der Waals surface area contributed by atoms with E-state index >= 15 is 0 Å². The van der Waals surface area contributed by atoms with Gasteiger partial charge in [0.2, 0.25) is 6.79 Å². The largest absolute Gasteiger partial charge is 0.493 e. The first kappa shape index (κ1) is 83.5. The van der Waals surface area contributed by atoms with Crippen LogP contribution in [0.15, 0.2) is 189 Å². The second-order valence-electron chi connectivity index (χ2n) is 28.2. The van der Waals surface area contributed by atoms with Gasteiger partial charge in [-0.15, -0.1) is 11.3 Å². The molecule has 6 aromatic heterocycles. The van der Waals surface area contributed by atoms with E-state index in [-0.39, 0.29) is 30.1 Å². The van der Waals surface area contributed by atoms with Crippen LogP contribution in [0, 0.1) is 57.9 Å². The monoisotopic (exact) mass is 1660 g/mol. The molecule has 31 heteroatoms. The fraction of sp³-hybridized carbons (Fsp3) is 0.244. The number of ether oxygens (including phenoxy) is 10. The van der Waals surface area contributed by atoms with Crippen molar-refractivity contribution in [3.05, 3.63) is 251 Å². The third kappa shape index (κ3) is 21.3. The summed E-state index contributed by atoms with van der Waals surface area (Å²) in [6, 6.07) is 40.0. The molecular weight excluding hydrogens is 1570 g/mol. The van der Waals surface area contributed by atoms with E-state index in [9.17, 15) is 17.6 Å². The van der Waals surface area contributed by atoms with Crippen LogP contribution in [0.2, 0.25) is 0 Å². The van der Waals surface area contributed by atoms with E-state index in [1.54, 1.807) is 114 Å². The molecule has 26 nitrogen and oxygen atoms in total. The number of anilines is 8. The van der Waals surface area contributed by atoms with E-state index in [0.717, 1.165) is 93.3 Å². The Kier molecular flexibility index (Phi) is 27.3. The number of hydrogen-bond donors (Lipinski definition) is 4. The van der Waals surface area contributed by atoms with Gasteiger partial charge in [-0.05, 0) is 186 Å². The molecule has 0 bridgehead atoms. The Morgan fingerprint density at radius 2 is 0.901 bits per heavy atom. The van der Waals surface area contributed by atoms with Crippen LogP contribution in [0.3, 0.4) is 0 Å². The van der Waals surface area contributed by atoms with E-state index in [4.69, 9.17) is 47.4 Å². The molecule has 1 saturated heterocycles. The molecular formula is C90H88F4N16O10S. The Labute approximate surface area is 699 Å². The minimum absolute atomic E-state index is 0.223. The van der Waals surface area contributed by atoms with Gasteiger partial charge in [-0.25, -0.2) is 67.4 Å². The van der Waals surface area contributed by atoms with Gasteiger partial charge < -0.3 is 73.2 Å². The van der Waals surface area contributed by atoms with Gasteiger partial charge in [-0.2, -0.15) is 0 Å². The summed E-state index contributed by atoms with van der Waals surface area (Å²) in [6.45, 7) is 15.3. The lowest BCUT2D eigenvalue weighted by molar-refractivity contribution is 0.174. The SMILES string of the molecule is COc1cc2c(Nc3ccc(C)cc3F)ncnc2cc1OCCN1CCCC1.COc1cc2c(Nc3ccc(C)cc3F)ncnc2cc1OCCc1csc(C)n1.COc1cc2c(Nc3ccc(C)cc3F)ncnc2cc1OCc1ccc2c(c1)OCO2.COc1cc2c(Nc3ccc(F)c(C)c3)ncnc2cc1OCCCn1ccnc1. The molecule has 0 unspecified atom stereocenters. The van der Waals surface area contributed by atoms with Crippen LogP contribution in [0.25, 0.3) is 43.6 Å². The predicted octanol–water partition coefficient (Wildman–Crippen LogP) is 19.2. The lowest BCUT2D eigenvalue weighted by Gasteiger charge is -2.17. The summed E-state index contributed by atoms with van der Waals surface area (Å²) in [5.74, 6) is 6.88. The molecule has 9 aromatic carbocycles. The number of aryl methyl sites for hydroxylation is 6. The molecule has 0 spiro atoms. The number of methoxy groups -OCH3 is 4. The minimum atomic E-state index is -0.354. The number of likely N-dealkylation sites (tertiary alicyclic amines) is 1. The normalized spacial score (nSPS) is 12.0. The molecule has 0 atom stereocenters. The van der Waals surface area contributed by atoms with Crippen molar-refractivity contribution in [1.82, 2.24) is 59.3 Å². The molecule has 0 aliphatic carbocycles. The summed E-state index contributed by atoms with van der Waals surface area (Å²) >= 11 is 1.62. The number of benzene rings is 9. The summed E-state index contributed by atoms with van der Waals surface area (Å²) in [5, 5.41) is 18.4. The first-order valence-electron chi connectivity index (χ1n) is 38.8. The number of imidazole rings is 1. The Morgan fingerprint density at radius 3 is 1.35 bits per heavy atom. The van der Waals surface area contributed by atoms with E-state index < -0.39 is 0 Å². The van der Waals surface area contributed by atoms with Crippen molar-refractivity contribution in [2.45, 2.75) is 73.5 Å². The fourth-order valence-electron chi connectivity index (χ4n) is 13.3. The maximum atomic E-state index is 14.3. The van der Waals surface area contributed by atoms with Crippen LogP contribution in [0.5, 0.6) is 57.5 Å². The maximum absolute atomic E-state index is 14.3. The first-order valence-corrected chi connectivity index (χ1v) is 39.7. The third-order valence-electron chi connectivity index (χ3n) is 19.6. The van der Waals surface area contributed by atoms with Gasteiger partial charge >= 0.3 is 0 Å². The van der Waals surface area contributed by atoms with Gasteiger partial charge in [0.15, 0.2) is 57.5 Å². The van der Waals surface area contributed by atoms with Crippen LogP contribution >= 0.6 is 11.3 Å². The third-order valence-corrected chi connectivity index (χ3v) is 20.4. The Hall–Kier alpha value is -13.9. The number of aromatic nitrogens is 11. The molecule has 0 amide bonds. The number of nitrogens with one attached hydrogen (secondary N) is 4. The van der Waals surface area contributed by atoms with Crippen LogP contribution in [0.1, 0.15) is 57.8 Å². The fourth-order valence-corrected chi connectivity index (χ4v) is 13.9. The van der Waals surface area contributed by atoms with Gasteiger partial charge in [-0.1, -0.05) is 24.3 Å². The smallest absolute Gasteiger partial charge is 0.231 e. The second kappa shape index (κ2) is 39.5. The summed E-state index contributed by atoms with van der Waals surface area (Å²) in [5.41, 5.74) is 9.54. The van der Waals surface area contributed by atoms with E-state index in [0.29, 0.717) is 158 Å². The van der Waals surface area contributed by atoms with E-state index in [1.807, 2.05) is 105 Å². The minimum Gasteiger partial charge on any atom is -0.493 e. The highest BCUT2D eigenvalue weighted by Crippen LogP contribution is 2.41. The lowest BCUT2D eigenvalue weighted by atomic mass is 10.2. The lowest BCUT2D eigenvalue weighted by Crippen LogP contribution is -2.25. The molecule has 8 heterocycles. The van der Waals surface area contributed by atoms with Gasteiger partial charge in [0.25, 0.3) is 0 Å². The Balaban J connectivity index is 0.000000132. The Morgan fingerprint density at radius 1 is 0.438 bits per heavy atom. The molecule has 17 rings (SSSR count). The zero-order valence-electron chi connectivity index (χ0n) is 68.0. The molecule has 622 valence electrons. The zero-order valence-corrected chi connectivity index (χ0v) is 68.8. The summed E-state index contributed by atoms with van der Waals surface area (Å²) in [7, 11) is 6.34. The molecule has 4 N–H and O–H groups in total. The Bertz CT molecular complexity index is 6130. The van der Waals surface area contributed by atoms with Crippen LogP contribution in [0.4, 0.5) is 63.6 Å². The zero-order chi connectivity index (χ0) is 84.3. The number of fused-ring (bicyclic) bond motifs is 5. The quantitative estimate of drug-likeness (QED) is 0.0262. The summed E-state index contributed by atoms with van der Waals surface area (Å²) in [6.07, 6.45) is 15.3. The number of nitrogens with zero attached hydrogens (tertiary/aromatic N) is 12. The molecule has 15 aromatic rings. The second-order valence-corrected chi connectivity index (χ2v) is 29.3. The van der Waals surface area contributed by atoms with Crippen molar-refractivity contribution in [3.8, 4) is 57.5 Å². The molecule has 2 aliphatic rings. The van der Waals surface area contributed by atoms with E-state index in [1.165, 1.54) is 62.4 Å². The van der Waals surface area contributed by atoms with Gasteiger partial charge in [0.1, 0.15) is 85.1 Å². The van der Waals surface area contributed by atoms with Gasteiger partial charge in [0, 0.05) is 88.8 Å². The topological polar surface area (TPSA) is 277 Å². The van der Waals surface area contributed by atoms with E-state index in [2.05, 4.69) is 76.0 Å². The predicted molar refractivity (Wildman–Crippen MR) is 458 cm³/mol. The highest BCUT2D eigenvalue weighted by molar-refractivity contribution is 7.09. The van der Waals surface area contributed by atoms with Crippen molar-refractivity contribution in [2.75, 3.05) is 96.0 Å². The van der Waals surface area contributed by atoms with Crippen molar-refractivity contribution in [3.63, 3.8) is 0 Å². The van der Waals surface area contributed by atoms with Crippen LogP contribution in [-0.2, 0) is 19.6 Å². The average molecular weight is 1660 g/mol. The van der Waals surface area contributed by atoms with Crippen LogP contribution in [-0.4, -0.2) is 134 Å². The molecule has 121 heavy (non-hydrogen) atoms. The first-order chi connectivity index (χ1) is 58.9. The number of rotatable bonds is 28. The molecule has 1 fully saturated rings. The molecule has 0 radical (unpaired) electrons. The highest BCUT2D eigenvalue weighted by atomic mass is 32.1. The van der Waals surface area contributed by atoms with Crippen LogP contribution < -0.4 is 68.6 Å². The number of hydrogen-bond acceptors (Lipinski definition) is 26. The average Bonchev–Trinajstić information content (AvgIpc) is 1.77. The highest BCUT2D eigenvalue weighted by Gasteiger charge is 2.21. The summed E-state index contributed by atoms with van der Waals surface area (Å²) < 4.78 is 115. The molecule has 0 saturated carbocycles. The number of halogens is 4. The molecule has 2 aliphatic heterocycles. The maximum Gasteiger partial charge on any atom is 0.231 e. The summed E-state index contributed by atoms with van der Waals surface area (Å²) in [4.78, 5) is 45.5. The van der Waals surface area contributed by atoms with Crippen molar-refractivity contribution >= 4 is 101 Å². The van der Waals surface area contributed by atoms with Gasteiger partial charge in [-0.3, -0.25) is 4.90 Å². The van der Waals surface area contributed by atoms with Crippen molar-refractivity contribution in [2.24, 2.45) is 0 Å². The number of thiazole rings is 1. The van der Waals surface area contributed by atoms with Crippen molar-refractivity contribution in [1.29, 1.82) is 0 Å². The van der Waals surface area contributed by atoms with Gasteiger partial charge in [0.05, 0.1) is 97.8 Å². The van der Waals surface area contributed by atoms with Crippen molar-refractivity contribution < 1.29 is 64.9 Å². The standard InChI is InChI=1S/C24H20FN3O4.C22H22FN5O2.C22H21FN4O2S.C22H25FN4O2/c1-14-3-5-18(17(25)7-14)28-24-16-9-21(29-2)23(10-19(16)26-12-27-24)30-11-15-4-6-20-22(8-15)32-13-31-20;1-15-10-16(4-5-18(15)23)27-22-17-11-20(29-2)21(12-19(17)25-13-26-22)30-9-3-7-28-8-6-24-14-28;1-13-4-5-18(17(23)8-13)27-22-16-9-20(28-3)21(10-19(16)24-12-25-22)29-7-6-15-11-30-14(2)26-15;1-15-5-6-18(17(23)11-15)26-22-16-12-20(28-2)21(13-19(16)24-14-25-22)29-10-9-27-7-3-4-8-27/h3-10,12H,11,13H2,1-2H3,(H,26,27,28);4-6,8,10-14H,3,7,9H2,1-2H3,(H,25,26,27);4-5,8-12H,6-7H2,1-3H3,(H,24,25,27);5-6,11-14H,3-4,7-10H2,1-2H3,(H,24,25,26).